The third-order valence-electron chi connectivity index (χ3n) is 4.56. The quantitative estimate of drug-likeness (QED) is 0.621. The highest BCUT2D eigenvalue weighted by molar-refractivity contribution is 9.10. The zero-order chi connectivity index (χ0) is 19.2. The Morgan fingerprint density at radius 3 is 2.42 bits per heavy atom. The summed E-state index contributed by atoms with van der Waals surface area (Å²) in [5.74, 6) is -0.0380. The number of hydrogen-bond acceptors (Lipinski definition) is 4. The molecule has 26 heavy (non-hydrogen) atoms. The Balaban J connectivity index is 1.79. The first-order valence-electron chi connectivity index (χ1n) is 8.92. The standard InChI is InChI=1S/C18H28BrN3O3S/c1-21(2)11-3-10-20-18(23)16-8-12-22(13-9-16)26(24,25)14-15-4-6-17(19)7-5-15/h4-7,16H,3,8-14H2,1-2H3,(H,20,23). The first-order chi connectivity index (χ1) is 12.3. The van der Waals surface area contributed by atoms with Crippen LogP contribution in [0.25, 0.3) is 0 Å². The zero-order valence-corrected chi connectivity index (χ0v) is 17.9. The van der Waals surface area contributed by atoms with E-state index in [4.69, 9.17) is 0 Å². The smallest absolute Gasteiger partial charge is 0.223 e. The Morgan fingerprint density at radius 1 is 1.23 bits per heavy atom. The van der Waals surface area contributed by atoms with Gasteiger partial charge in [0.25, 0.3) is 0 Å². The molecule has 1 N–H and O–H groups in total. The van der Waals surface area contributed by atoms with Gasteiger partial charge in [-0.2, -0.15) is 0 Å². The number of carbonyl (C=O) groups is 1. The minimum absolute atomic E-state index is 0.00167. The maximum Gasteiger partial charge on any atom is 0.223 e. The fourth-order valence-electron chi connectivity index (χ4n) is 3.03. The first-order valence-corrected chi connectivity index (χ1v) is 11.3. The van der Waals surface area contributed by atoms with Gasteiger partial charge in [0.2, 0.25) is 15.9 Å². The SMILES string of the molecule is CN(C)CCCNC(=O)C1CCN(S(=O)(=O)Cc2ccc(Br)cc2)CC1. The van der Waals surface area contributed by atoms with Crippen molar-refractivity contribution in [2.45, 2.75) is 25.0 Å². The average Bonchev–Trinajstić information content (AvgIpc) is 2.60. The Hall–Kier alpha value is -0.960. The van der Waals surface area contributed by atoms with Gasteiger partial charge in [0.15, 0.2) is 0 Å². The van der Waals surface area contributed by atoms with Crippen LogP contribution < -0.4 is 5.32 Å². The summed E-state index contributed by atoms with van der Waals surface area (Å²) >= 11 is 3.35. The number of halogens is 1. The normalized spacial score (nSPS) is 16.8. The van der Waals surface area contributed by atoms with Gasteiger partial charge in [-0.15, -0.1) is 0 Å². The number of piperidine rings is 1. The molecule has 0 radical (unpaired) electrons. The summed E-state index contributed by atoms with van der Waals surface area (Å²) in [4.78, 5) is 14.3. The van der Waals surface area contributed by atoms with Crippen LogP contribution in [0.2, 0.25) is 0 Å². The lowest BCUT2D eigenvalue weighted by Crippen LogP contribution is -2.43. The Labute approximate surface area is 165 Å². The van der Waals surface area contributed by atoms with Crippen LogP contribution in [-0.4, -0.2) is 63.8 Å². The van der Waals surface area contributed by atoms with Crippen molar-refractivity contribution in [1.82, 2.24) is 14.5 Å². The summed E-state index contributed by atoms with van der Waals surface area (Å²) in [6.45, 7) is 2.43. The lowest BCUT2D eigenvalue weighted by atomic mass is 9.97. The predicted octanol–water partition coefficient (Wildman–Crippen LogP) is 2.06. The van der Waals surface area contributed by atoms with Crippen LogP contribution in [0.3, 0.4) is 0 Å². The molecule has 1 aliphatic heterocycles. The average molecular weight is 446 g/mol. The Bertz CT molecular complexity index is 684. The number of rotatable bonds is 8. The van der Waals surface area contributed by atoms with Crippen LogP contribution in [0.4, 0.5) is 0 Å². The van der Waals surface area contributed by atoms with E-state index < -0.39 is 10.0 Å². The molecule has 1 aliphatic rings. The van der Waals surface area contributed by atoms with Crippen molar-refractivity contribution >= 4 is 31.9 Å². The second-order valence-electron chi connectivity index (χ2n) is 7.00. The van der Waals surface area contributed by atoms with Crippen molar-refractivity contribution in [3.05, 3.63) is 34.3 Å². The molecule has 0 spiro atoms. The third kappa shape index (κ3) is 6.64. The third-order valence-corrected chi connectivity index (χ3v) is 6.94. The lowest BCUT2D eigenvalue weighted by molar-refractivity contribution is -0.126. The van der Waals surface area contributed by atoms with E-state index in [0.29, 0.717) is 32.5 Å². The van der Waals surface area contributed by atoms with Crippen LogP contribution in [-0.2, 0) is 20.6 Å². The van der Waals surface area contributed by atoms with Crippen LogP contribution >= 0.6 is 15.9 Å². The highest BCUT2D eigenvalue weighted by atomic mass is 79.9. The molecule has 1 heterocycles. The number of nitrogens with one attached hydrogen (secondary N) is 1. The minimum Gasteiger partial charge on any atom is -0.356 e. The van der Waals surface area contributed by atoms with E-state index in [1.54, 1.807) is 0 Å². The summed E-state index contributed by atoms with van der Waals surface area (Å²) < 4.78 is 27.6. The van der Waals surface area contributed by atoms with E-state index in [1.165, 1.54) is 4.31 Å². The molecular formula is C18H28BrN3O3S. The summed E-state index contributed by atoms with van der Waals surface area (Å²) in [5.41, 5.74) is 0.772. The predicted molar refractivity (Wildman–Crippen MR) is 107 cm³/mol. The van der Waals surface area contributed by atoms with Gasteiger partial charge in [0.1, 0.15) is 0 Å². The molecule has 0 aromatic heterocycles. The van der Waals surface area contributed by atoms with Crippen molar-refractivity contribution in [3.63, 3.8) is 0 Å². The fourth-order valence-corrected chi connectivity index (χ4v) is 4.86. The second kappa shape index (κ2) is 9.82. The Morgan fingerprint density at radius 2 is 1.85 bits per heavy atom. The van der Waals surface area contributed by atoms with Crippen LogP contribution in [0.1, 0.15) is 24.8 Å². The molecule has 6 nitrogen and oxygen atoms in total. The molecule has 1 aromatic rings. The van der Waals surface area contributed by atoms with Crippen molar-refractivity contribution in [2.75, 3.05) is 40.3 Å². The van der Waals surface area contributed by atoms with Gasteiger partial charge in [-0.3, -0.25) is 4.79 Å². The molecule has 0 saturated carbocycles. The van der Waals surface area contributed by atoms with Gasteiger partial charge in [-0.25, -0.2) is 12.7 Å². The molecule has 0 aliphatic carbocycles. The monoisotopic (exact) mass is 445 g/mol. The number of benzene rings is 1. The summed E-state index contributed by atoms with van der Waals surface area (Å²) in [6.07, 6.45) is 2.08. The van der Waals surface area contributed by atoms with Crippen LogP contribution in [0.5, 0.6) is 0 Å². The van der Waals surface area contributed by atoms with E-state index in [2.05, 4.69) is 26.1 Å². The van der Waals surface area contributed by atoms with Crippen molar-refractivity contribution in [3.8, 4) is 0 Å². The molecule has 1 amide bonds. The fraction of sp³-hybridized carbons (Fsp3) is 0.611. The molecule has 0 unspecified atom stereocenters. The second-order valence-corrected chi connectivity index (χ2v) is 9.89. The van der Waals surface area contributed by atoms with Gasteiger partial charge in [0, 0.05) is 30.0 Å². The molecule has 0 bridgehead atoms. The molecule has 146 valence electrons. The molecule has 8 heteroatoms. The first kappa shape index (κ1) is 21.3. The maximum atomic E-state index is 12.6. The number of amides is 1. The number of carbonyl (C=O) groups excluding carboxylic acids is 1. The van der Waals surface area contributed by atoms with Gasteiger partial charge < -0.3 is 10.2 Å². The van der Waals surface area contributed by atoms with Crippen molar-refractivity contribution in [1.29, 1.82) is 0 Å². The van der Waals surface area contributed by atoms with Crippen LogP contribution in [0.15, 0.2) is 28.7 Å². The van der Waals surface area contributed by atoms with Crippen molar-refractivity contribution < 1.29 is 13.2 Å². The van der Waals surface area contributed by atoms with Crippen molar-refractivity contribution in [2.24, 2.45) is 5.92 Å². The van der Waals surface area contributed by atoms with E-state index >= 15 is 0 Å². The molecule has 0 atom stereocenters. The minimum atomic E-state index is -3.35. The summed E-state index contributed by atoms with van der Waals surface area (Å²) in [6, 6.07) is 7.32. The van der Waals surface area contributed by atoms with E-state index in [1.807, 2.05) is 38.4 Å². The topological polar surface area (TPSA) is 69.7 Å². The zero-order valence-electron chi connectivity index (χ0n) is 15.4. The van der Waals surface area contributed by atoms with E-state index in [-0.39, 0.29) is 17.6 Å². The van der Waals surface area contributed by atoms with Gasteiger partial charge in [-0.1, -0.05) is 28.1 Å². The van der Waals surface area contributed by atoms with Gasteiger partial charge in [0.05, 0.1) is 5.75 Å². The van der Waals surface area contributed by atoms with Gasteiger partial charge >= 0.3 is 0 Å². The number of sulfonamides is 1. The molecular weight excluding hydrogens is 418 g/mol. The molecule has 2 rings (SSSR count). The molecule has 1 aromatic carbocycles. The highest BCUT2D eigenvalue weighted by Gasteiger charge is 2.30. The van der Waals surface area contributed by atoms with Crippen LogP contribution in [0, 0.1) is 5.92 Å². The largest absolute Gasteiger partial charge is 0.356 e. The highest BCUT2D eigenvalue weighted by Crippen LogP contribution is 2.22. The molecule has 1 fully saturated rings. The van der Waals surface area contributed by atoms with Gasteiger partial charge in [-0.05, 0) is 57.6 Å². The van der Waals surface area contributed by atoms with E-state index in [9.17, 15) is 13.2 Å². The van der Waals surface area contributed by atoms with E-state index in [0.717, 1.165) is 23.0 Å². The number of nitrogens with zero attached hydrogens (tertiary/aromatic N) is 2. The number of hydrogen-bond donors (Lipinski definition) is 1. The molecule has 1 saturated heterocycles. The summed E-state index contributed by atoms with van der Waals surface area (Å²) in [5, 5.41) is 2.97. The summed E-state index contributed by atoms with van der Waals surface area (Å²) in [7, 11) is 0.664. The Kier molecular flexibility index (Phi) is 8.06. The maximum absolute atomic E-state index is 12.6. The lowest BCUT2D eigenvalue weighted by Gasteiger charge is -2.30.